The van der Waals surface area contributed by atoms with E-state index in [-0.39, 0.29) is 0 Å². The maximum Gasteiger partial charge on any atom is 0.132 e. The van der Waals surface area contributed by atoms with Crippen LogP contribution >= 0.6 is 11.6 Å². The molecule has 0 unspecified atom stereocenters. The molecule has 1 rings (SSSR count). The molecule has 0 amide bonds. The van der Waals surface area contributed by atoms with Crippen LogP contribution in [0.4, 0.5) is 0 Å². The highest BCUT2D eigenvalue weighted by Gasteiger charge is 1.93. The second-order valence-corrected chi connectivity index (χ2v) is 2.26. The zero-order valence-corrected chi connectivity index (χ0v) is 5.94. The number of hydrogen-bond donors (Lipinski definition) is 0. The Labute approximate surface area is 59.7 Å². The van der Waals surface area contributed by atoms with Gasteiger partial charge in [-0.15, -0.1) is 0 Å². The Kier molecular flexibility index (Phi) is 1.72. The molecule has 1 aromatic heterocycles. The van der Waals surface area contributed by atoms with Crippen LogP contribution < -0.4 is 0 Å². The second kappa shape index (κ2) is 2.36. The van der Waals surface area contributed by atoms with Crippen molar-refractivity contribution in [3.63, 3.8) is 0 Å². The van der Waals surface area contributed by atoms with Crippen LogP contribution in [0.25, 0.3) is 0 Å². The first-order valence-corrected chi connectivity index (χ1v) is 3.03. The molecule has 0 bridgehead atoms. The number of rotatable bonds is 0. The highest BCUT2D eigenvalue weighted by molar-refractivity contribution is 6.30. The van der Waals surface area contributed by atoms with Gasteiger partial charge in [0.2, 0.25) is 0 Å². The number of aryl methyl sites for hydroxylation is 1. The van der Waals surface area contributed by atoms with E-state index in [0.717, 1.165) is 11.3 Å². The number of halogens is 1. The number of hydrogen-bond acceptors (Lipinski definition) is 1. The Morgan fingerprint density at radius 3 is 2.67 bits per heavy atom. The molecule has 0 fully saturated rings. The van der Waals surface area contributed by atoms with Crippen molar-refractivity contribution >= 4 is 11.6 Å². The normalized spacial score (nSPS) is 9.67. The van der Waals surface area contributed by atoms with Gasteiger partial charge in [0.15, 0.2) is 0 Å². The van der Waals surface area contributed by atoms with E-state index >= 15 is 0 Å². The molecule has 0 saturated heterocycles. The average Bonchev–Trinajstić information content (AvgIpc) is 1.80. The molecule has 0 aliphatic carbocycles. The van der Waals surface area contributed by atoms with E-state index in [1.165, 1.54) is 0 Å². The van der Waals surface area contributed by atoms with Crippen LogP contribution in [0.15, 0.2) is 12.1 Å². The molecule has 0 saturated carbocycles. The van der Waals surface area contributed by atoms with E-state index in [1.807, 2.05) is 19.1 Å². The summed E-state index contributed by atoms with van der Waals surface area (Å²) in [5.41, 5.74) is 1.70. The van der Waals surface area contributed by atoms with Gasteiger partial charge in [0.25, 0.3) is 0 Å². The number of nitrogens with zero attached hydrogens (tertiary/aromatic N) is 1. The fourth-order valence-electron chi connectivity index (χ4n) is 0.554. The largest absolute Gasteiger partial charge is 0.241 e. The predicted octanol–water partition coefficient (Wildman–Crippen LogP) is 2.23. The van der Waals surface area contributed by atoms with Gasteiger partial charge in [-0.25, -0.2) is 4.98 Å². The minimum Gasteiger partial charge on any atom is -0.241 e. The quantitative estimate of drug-likeness (QED) is 0.504. The molecule has 1 aromatic rings. The zero-order chi connectivity index (χ0) is 6.85. The Hall–Kier alpha value is -0.560. The molecule has 1 radical (unpaired) electrons. The summed E-state index contributed by atoms with van der Waals surface area (Å²) in [7, 11) is 0. The molecular formula is C7H7ClN. The third-order valence-corrected chi connectivity index (χ3v) is 1.39. The summed E-state index contributed by atoms with van der Waals surface area (Å²) >= 11 is 5.64. The molecular weight excluding hydrogens is 134 g/mol. The molecule has 0 N–H and O–H groups in total. The Morgan fingerprint density at radius 2 is 2.22 bits per heavy atom. The summed E-state index contributed by atoms with van der Waals surface area (Å²) in [6, 6.07) is 3.74. The third-order valence-electron chi connectivity index (χ3n) is 1.07. The van der Waals surface area contributed by atoms with Gasteiger partial charge in [-0.3, -0.25) is 0 Å². The summed E-state index contributed by atoms with van der Waals surface area (Å²) in [6.07, 6.45) is 0. The van der Waals surface area contributed by atoms with Crippen molar-refractivity contribution in [3.05, 3.63) is 35.5 Å². The van der Waals surface area contributed by atoms with Crippen molar-refractivity contribution in [1.82, 2.24) is 4.98 Å². The number of aromatic nitrogens is 1. The van der Waals surface area contributed by atoms with Crippen LogP contribution in [0.3, 0.4) is 0 Å². The Morgan fingerprint density at radius 1 is 1.56 bits per heavy atom. The lowest BCUT2D eigenvalue weighted by Crippen LogP contribution is -1.83. The van der Waals surface area contributed by atoms with Gasteiger partial charge in [-0.2, -0.15) is 0 Å². The highest BCUT2D eigenvalue weighted by atomic mass is 35.5. The molecule has 47 valence electrons. The molecule has 2 heteroatoms. The first kappa shape index (κ1) is 6.56. The van der Waals surface area contributed by atoms with Crippen LogP contribution in [-0.2, 0) is 0 Å². The fraction of sp³-hybridized carbons (Fsp3) is 0.143. The van der Waals surface area contributed by atoms with Gasteiger partial charge < -0.3 is 0 Å². The van der Waals surface area contributed by atoms with Crippen molar-refractivity contribution in [2.75, 3.05) is 0 Å². The summed E-state index contributed by atoms with van der Waals surface area (Å²) in [5.74, 6) is 0. The number of pyridine rings is 1. The van der Waals surface area contributed by atoms with Crippen LogP contribution in [0.5, 0.6) is 0 Å². The SMILES string of the molecule is [CH2]c1ccc(C)nc1Cl. The summed E-state index contributed by atoms with van der Waals surface area (Å²) in [6.45, 7) is 5.56. The minimum atomic E-state index is 0.495. The van der Waals surface area contributed by atoms with Gasteiger partial charge in [-0.05, 0) is 25.5 Å². The molecule has 0 aliphatic heterocycles. The van der Waals surface area contributed by atoms with Crippen LogP contribution in [-0.4, -0.2) is 4.98 Å². The highest BCUT2D eigenvalue weighted by Crippen LogP contribution is 2.10. The van der Waals surface area contributed by atoms with E-state index in [2.05, 4.69) is 11.9 Å². The molecule has 0 spiro atoms. The first-order valence-electron chi connectivity index (χ1n) is 2.65. The summed E-state index contributed by atoms with van der Waals surface area (Å²) < 4.78 is 0. The van der Waals surface area contributed by atoms with Crippen molar-refractivity contribution < 1.29 is 0 Å². The van der Waals surface area contributed by atoms with E-state index < -0.39 is 0 Å². The lowest BCUT2D eigenvalue weighted by molar-refractivity contribution is 1.19. The minimum absolute atomic E-state index is 0.495. The molecule has 0 atom stereocenters. The van der Waals surface area contributed by atoms with Gasteiger partial charge in [0.05, 0.1) is 0 Å². The monoisotopic (exact) mass is 140 g/mol. The molecule has 1 nitrogen and oxygen atoms in total. The van der Waals surface area contributed by atoms with Crippen LogP contribution in [0.2, 0.25) is 5.15 Å². The van der Waals surface area contributed by atoms with Crippen molar-refractivity contribution in [2.45, 2.75) is 6.92 Å². The van der Waals surface area contributed by atoms with E-state index in [1.54, 1.807) is 0 Å². The fourth-order valence-corrected chi connectivity index (χ4v) is 0.750. The predicted molar refractivity (Wildman–Crippen MR) is 38.4 cm³/mol. The third kappa shape index (κ3) is 1.42. The average molecular weight is 141 g/mol. The summed E-state index contributed by atoms with van der Waals surface area (Å²) in [5, 5.41) is 0.495. The lowest BCUT2D eigenvalue weighted by atomic mass is 10.3. The molecule has 1 heterocycles. The van der Waals surface area contributed by atoms with E-state index in [4.69, 9.17) is 11.6 Å². The molecule has 0 aliphatic rings. The van der Waals surface area contributed by atoms with Crippen molar-refractivity contribution in [2.24, 2.45) is 0 Å². The van der Waals surface area contributed by atoms with Gasteiger partial charge in [0.1, 0.15) is 5.15 Å². The van der Waals surface area contributed by atoms with E-state index in [9.17, 15) is 0 Å². The smallest absolute Gasteiger partial charge is 0.132 e. The zero-order valence-electron chi connectivity index (χ0n) is 5.19. The summed E-state index contributed by atoms with van der Waals surface area (Å²) in [4.78, 5) is 3.98. The maximum absolute atomic E-state index is 5.64. The van der Waals surface area contributed by atoms with E-state index in [0.29, 0.717) is 5.15 Å². The van der Waals surface area contributed by atoms with Crippen LogP contribution in [0.1, 0.15) is 11.3 Å². The molecule has 0 aromatic carbocycles. The Balaban J connectivity index is 3.17. The standard InChI is InChI=1S/C7H7ClN/c1-5-3-4-6(2)9-7(5)8/h3-4H,1H2,2H3. The Bertz CT molecular complexity index is 220. The second-order valence-electron chi connectivity index (χ2n) is 1.90. The van der Waals surface area contributed by atoms with Crippen molar-refractivity contribution in [3.8, 4) is 0 Å². The topological polar surface area (TPSA) is 12.9 Å². The van der Waals surface area contributed by atoms with Gasteiger partial charge in [-0.1, -0.05) is 17.7 Å². The van der Waals surface area contributed by atoms with Gasteiger partial charge >= 0.3 is 0 Å². The van der Waals surface area contributed by atoms with Gasteiger partial charge in [0, 0.05) is 5.69 Å². The lowest BCUT2D eigenvalue weighted by Gasteiger charge is -1.95. The van der Waals surface area contributed by atoms with Crippen molar-refractivity contribution in [1.29, 1.82) is 0 Å². The molecule has 9 heavy (non-hydrogen) atoms. The first-order chi connectivity index (χ1) is 4.20. The maximum atomic E-state index is 5.64. The van der Waals surface area contributed by atoms with Crippen LogP contribution in [0, 0.1) is 13.8 Å².